The molecule has 0 saturated heterocycles. The van der Waals surface area contributed by atoms with Gasteiger partial charge < -0.3 is 4.57 Å². The summed E-state index contributed by atoms with van der Waals surface area (Å²) in [6, 6.07) is 13.5. The minimum Gasteiger partial charge on any atom is -0.350 e. The fraction of sp³-hybridized carbons (Fsp3) is 0.0625. The molecule has 1 aromatic heterocycles. The maximum Gasteiger partial charge on any atom is 0.0817 e. The summed E-state index contributed by atoms with van der Waals surface area (Å²) in [6.07, 6.45) is 3.88. The summed E-state index contributed by atoms with van der Waals surface area (Å²) >= 11 is 12.0. The zero-order valence-electron chi connectivity index (χ0n) is 10.8. The SMILES string of the molecule is Cn1cc(C=Nc2ccc(Cl)cc2Cl)c2ccccc21. The number of benzene rings is 2. The number of para-hydroxylation sites is 1. The molecule has 0 spiro atoms. The Morgan fingerprint density at radius 1 is 1.10 bits per heavy atom. The Bertz CT molecular complexity index is 803. The van der Waals surface area contributed by atoms with Gasteiger partial charge in [0.2, 0.25) is 0 Å². The van der Waals surface area contributed by atoms with Crippen molar-refractivity contribution < 1.29 is 0 Å². The van der Waals surface area contributed by atoms with Crippen molar-refractivity contribution in [1.82, 2.24) is 4.57 Å². The van der Waals surface area contributed by atoms with E-state index in [9.17, 15) is 0 Å². The predicted molar refractivity (Wildman–Crippen MR) is 86.6 cm³/mol. The maximum absolute atomic E-state index is 6.12. The van der Waals surface area contributed by atoms with Crippen LogP contribution in [0.2, 0.25) is 10.0 Å². The molecule has 2 nitrogen and oxygen atoms in total. The van der Waals surface area contributed by atoms with E-state index < -0.39 is 0 Å². The van der Waals surface area contributed by atoms with E-state index in [0.29, 0.717) is 15.7 Å². The van der Waals surface area contributed by atoms with Gasteiger partial charge in [0.05, 0.1) is 10.7 Å². The summed E-state index contributed by atoms with van der Waals surface area (Å²) in [5.74, 6) is 0. The Balaban J connectivity index is 2.02. The van der Waals surface area contributed by atoms with Gasteiger partial charge in [-0.25, -0.2) is 0 Å². The second-order valence-corrected chi connectivity index (χ2v) is 5.41. The topological polar surface area (TPSA) is 17.3 Å². The van der Waals surface area contributed by atoms with E-state index in [4.69, 9.17) is 23.2 Å². The highest BCUT2D eigenvalue weighted by Crippen LogP contribution is 2.28. The zero-order chi connectivity index (χ0) is 14.1. The second-order valence-electron chi connectivity index (χ2n) is 4.57. The van der Waals surface area contributed by atoms with Crippen molar-refractivity contribution in [3.63, 3.8) is 0 Å². The van der Waals surface area contributed by atoms with Crippen LogP contribution in [0.1, 0.15) is 5.56 Å². The first-order valence-corrected chi connectivity index (χ1v) is 6.94. The number of hydrogen-bond acceptors (Lipinski definition) is 1. The molecule has 0 fully saturated rings. The molecule has 0 unspecified atom stereocenters. The molecule has 3 aromatic rings. The molecule has 0 aliphatic heterocycles. The molecule has 1 heterocycles. The summed E-state index contributed by atoms with van der Waals surface area (Å²) in [5, 5.41) is 2.33. The van der Waals surface area contributed by atoms with E-state index in [2.05, 4.69) is 27.9 Å². The molecule has 20 heavy (non-hydrogen) atoms. The normalized spacial score (nSPS) is 11.6. The summed E-state index contributed by atoms with van der Waals surface area (Å²) in [4.78, 5) is 4.45. The monoisotopic (exact) mass is 302 g/mol. The quantitative estimate of drug-likeness (QED) is 0.576. The molecule has 0 amide bonds. The van der Waals surface area contributed by atoms with Gasteiger partial charge in [0, 0.05) is 40.9 Å². The molecule has 0 saturated carbocycles. The number of fused-ring (bicyclic) bond motifs is 1. The van der Waals surface area contributed by atoms with Crippen molar-refractivity contribution in [2.24, 2.45) is 12.0 Å². The average Bonchev–Trinajstić information content (AvgIpc) is 2.75. The lowest BCUT2D eigenvalue weighted by molar-refractivity contribution is 0.968. The fourth-order valence-corrected chi connectivity index (χ4v) is 2.66. The molecule has 0 atom stereocenters. The van der Waals surface area contributed by atoms with Crippen LogP contribution in [0.5, 0.6) is 0 Å². The number of hydrogen-bond donors (Lipinski definition) is 0. The molecule has 0 aliphatic carbocycles. The summed E-state index contributed by atoms with van der Waals surface area (Å²) < 4.78 is 2.08. The smallest absolute Gasteiger partial charge is 0.0817 e. The standard InChI is InChI=1S/C16H12Cl2N2/c1-20-10-11(13-4-2-3-5-16(13)20)9-19-15-7-6-12(17)8-14(15)18/h2-10H,1H3. The molecular formula is C16H12Cl2N2. The lowest BCUT2D eigenvalue weighted by Crippen LogP contribution is -1.82. The number of aromatic nitrogens is 1. The first-order chi connectivity index (χ1) is 9.65. The Morgan fingerprint density at radius 2 is 1.90 bits per heavy atom. The van der Waals surface area contributed by atoms with Gasteiger partial charge >= 0.3 is 0 Å². The number of halogens is 2. The van der Waals surface area contributed by atoms with Gasteiger partial charge in [0.15, 0.2) is 0 Å². The third-order valence-corrected chi connectivity index (χ3v) is 3.72. The summed E-state index contributed by atoms with van der Waals surface area (Å²) in [7, 11) is 2.02. The van der Waals surface area contributed by atoms with E-state index in [1.807, 2.05) is 31.5 Å². The third-order valence-electron chi connectivity index (χ3n) is 3.18. The van der Waals surface area contributed by atoms with Crippen molar-refractivity contribution in [2.45, 2.75) is 0 Å². The summed E-state index contributed by atoms with van der Waals surface area (Å²) in [5.41, 5.74) is 2.95. The van der Waals surface area contributed by atoms with Crippen LogP contribution in [0.15, 0.2) is 53.7 Å². The van der Waals surface area contributed by atoms with Gasteiger partial charge in [-0.05, 0) is 24.3 Å². The van der Waals surface area contributed by atoms with Crippen LogP contribution in [-0.2, 0) is 7.05 Å². The Hall–Kier alpha value is -1.77. The van der Waals surface area contributed by atoms with Crippen LogP contribution in [-0.4, -0.2) is 10.8 Å². The number of aliphatic imine (C=N–C) groups is 1. The minimum atomic E-state index is 0.550. The highest BCUT2D eigenvalue weighted by Gasteiger charge is 2.04. The number of aryl methyl sites for hydroxylation is 1. The number of rotatable bonds is 2. The van der Waals surface area contributed by atoms with Crippen LogP contribution in [0.4, 0.5) is 5.69 Å². The minimum absolute atomic E-state index is 0.550. The Kier molecular flexibility index (Phi) is 3.51. The number of nitrogens with zero attached hydrogens (tertiary/aromatic N) is 2. The molecule has 3 rings (SSSR count). The Labute approximate surface area is 127 Å². The molecule has 0 aliphatic rings. The van der Waals surface area contributed by atoms with Crippen LogP contribution >= 0.6 is 23.2 Å². The molecule has 0 bridgehead atoms. The molecular weight excluding hydrogens is 291 g/mol. The largest absolute Gasteiger partial charge is 0.350 e. The van der Waals surface area contributed by atoms with Crippen LogP contribution in [0.3, 0.4) is 0 Å². The molecule has 4 heteroatoms. The van der Waals surface area contributed by atoms with Crippen molar-refractivity contribution in [3.05, 3.63) is 64.3 Å². The van der Waals surface area contributed by atoms with E-state index in [1.54, 1.807) is 12.1 Å². The second kappa shape index (κ2) is 5.31. The first-order valence-electron chi connectivity index (χ1n) is 6.18. The summed E-state index contributed by atoms with van der Waals surface area (Å²) in [6.45, 7) is 0. The molecule has 0 radical (unpaired) electrons. The van der Waals surface area contributed by atoms with Gasteiger partial charge in [-0.1, -0.05) is 41.4 Å². The lowest BCUT2D eigenvalue weighted by Gasteiger charge is -1.98. The average molecular weight is 303 g/mol. The molecule has 0 N–H and O–H groups in total. The van der Waals surface area contributed by atoms with Gasteiger partial charge in [0.25, 0.3) is 0 Å². The highest BCUT2D eigenvalue weighted by atomic mass is 35.5. The van der Waals surface area contributed by atoms with Crippen molar-refractivity contribution in [1.29, 1.82) is 0 Å². The van der Waals surface area contributed by atoms with Gasteiger partial charge in [-0.2, -0.15) is 0 Å². The lowest BCUT2D eigenvalue weighted by atomic mass is 10.2. The van der Waals surface area contributed by atoms with Crippen molar-refractivity contribution >= 4 is 46.0 Å². The van der Waals surface area contributed by atoms with Crippen molar-refractivity contribution in [3.8, 4) is 0 Å². The van der Waals surface area contributed by atoms with E-state index in [0.717, 1.165) is 5.56 Å². The van der Waals surface area contributed by atoms with E-state index in [1.165, 1.54) is 10.9 Å². The highest BCUT2D eigenvalue weighted by molar-refractivity contribution is 6.36. The fourth-order valence-electron chi connectivity index (χ4n) is 2.20. The first kappa shape index (κ1) is 13.2. The van der Waals surface area contributed by atoms with Crippen LogP contribution < -0.4 is 0 Å². The van der Waals surface area contributed by atoms with E-state index in [-0.39, 0.29) is 0 Å². The van der Waals surface area contributed by atoms with Gasteiger partial charge in [0.1, 0.15) is 0 Å². The zero-order valence-corrected chi connectivity index (χ0v) is 12.4. The Morgan fingerprint density at radius 3 is 2.70 bits per heavy atom. The van der Waals surface area contributed by atoms with Gasteiger partial charge in [-0.15, -0.1) is 0 Å². The van der Waals surface area contributed by atoms with Crippen LogP contribution in [0.25, 0.3) is 10.9 Å². The van der Waals surface area contributed by atoms with Gasteiger partial charge in [-0.3, -0.25) is 4.99 Å². The van der Waals surface area contributed by atoms with E-state index >= 15 is 0 Å². The van der Waals surface area contributed by atoms with Crippen molar-refractivity contribution in [2.75, 3.05) is 0 Å². The maximum atomic E-state index is 6.12. The third kappa shape index (κ3) is 2.45. The predicted octanol–water partition coefficient (Wildman–Crippen LogP) is 5.24. The molecule has 2 aromatic carbocycles. The molecule has 100 valence electrons. The van der Waals surface area contributed by atoms with Crippen LogP contribution in [0, 0.1) is 0 Å².